The number of likely N-dealkylation sites (tertiary alicyclic amines) is 1. The van der Waals surface area contributed by atoms with E-state index < -0.39 is 0 Å². The van der Waals surface area contributed by atoms with Crippen LogP contribution in [0.25, 0.3) is 16.6 Å². The Kier molecular flexibility index (Phi) is 4.83. The fraction of sp³-hybridized carbons (Fsp3) is 0.417. The second-order valence-electron chi connectivity index (χ2n) is 8.37. The largest absolute Gasteiger partial charge is 0.761 e. The predicted octanol–water partition coefficient (Wildman–Crippen LogP) is 5.66. The van der Waals surface area contributed by atoms with Crippen LogP contribution in [0.3, 0.4) is 0 Å². The van der Waals surface area contributed by atoms with Gasteiger partial charge in [-0.25, -0.2) is 0 Å². The van der Waals surface area contributed by atoms with Gasteiger partial charge in [0.2, 0.25) is 0 Å². The summed E-state index contributed by atoms with van der Waals surface area (Å²) in [5, 5.41) is 12.2. The molecule has 28 heavy (non-hydrogen) atoms. The van der Waals surface area contributed by atoms with Crippen LogP contribution < -0.4 is 5.48 Å². The summed E-state index contributed by atoms with van der Waals surface area (Å²) in [6, 6.07) is 17.3. The number of para-hydroxylation sites is 1. The van der Waals surface area contributed by atoms with Gasteiger partial charge in [-0.1, -0.05) is 31.0 Å². The standard InChI is InChI=1S/C24H28N3O/c28-25-19-9-11-21(12-10-19)27-17-23(22-7-3-4-8-24(22)27)18-13-15-26(16-14-18)20-5-1-2-6-20/h3-4,7-12,17-18,20,25H,1-2,5-6,13-16H2/q-1. The number of nitrogens with one attached hydrogen (secondary N) is 1. The van der Waals surface area contributed by atoms with Gasteiger partial charge in [-0.15, -0.1) is 0 Å². The van der Waals surface area contributed by atoms with Gasteiger partial charge in [-0.3, -0.25) is 0 Å². The number of anilines is 1. The summed E-state index contributed by atoms with van der Waals surface area (Å²) in [7, 11) is 0. The summed E-state index contributed by atoms with van der Waals surface area (Å²) >= 11 is 0. The molecule has 1 aromatic heterocycles. The van der Waals surface area contributed by atoms with Crippen molar-refractivity contribution in [2.45, 2.75) is 50.5 Å². The molecular weight excluding hydrogens is 346 g/mol. The highest BCUT2D eigenvalue weighted by atomic mass is 16.5. The normalized spacial score (nSPS) is 19.5. The maximum Gasteiger partial charge on any atom is 0.0531 e. The lowest BCUT2D eigenvalue weighted by Crippen LogP contribution is -2.39. The minimum absolute atomic E-state index is 0.597. The topological polar surface area (TPSA) is 43.3 Å². The van der Waals surface area contributed by atoms with Crippen molar-refractivity contribution in [1.29, 1.82) is 0 Å². The number of piperidine rings is 1. The number of fused-ring (bicyclic) bond motifs is 1. The number of hydrogen-bond acceptors (Lipinski definition) is 3. The molecule has 1 saturated carbocycles. The van der Waals surface area contributed by atoms with Crippen LogP contribution in [0.4, 0.5) is 5.69 Å². The van der Waals surface area contributed by atoms with E-state index in [4.69, 9.17) is 0 Å². The lowest BCUT2D eigenvalue weighted by molar-refractivity contribution is 0.154. The van der Waals surface area contributed by atoms with Gasteiger partial charge in [0.25, 0.3) is 0 Å². The molecule has 1 saturated heterocycles. The monoisotopic (exact) mass is 374 g/mol. The van der Waals surface area contributed by atoms with Gasteiger partial charge in [0.05, 0.1) is 5.52 Å². The molecule has 0 amide bonds. The molecule has 0 atom stereocenters. The van der Waals surface area contributed by atoms with E-state index in [9.17, 15) is 5.21 Å². The number of nitrogens with zero attached hydrogens (tertiary/aromatic N) is 2. The van der Waals surface area contributed by atoms with Crippen LogP contribution in [-0.4, -0.2) is 28.6 Å². The molecule has 0 unspecified atom stereocenters. The number of rotatable bonds is 4. The smallest absolute Gasteiger partial charge is 0.0531 e. The number of hydrogen-bond donors (Lipinski definition) is 1. The summed E-state index contributed by atoms with van der Waals surface area (Å²) in [6.07, 6.45) is 10.5. The van der Waals surface area contributed by atoms with Gasteiger partial charge in [-0.2, -0.15) is 0 Å². The maximum absolute atomic E-state index is 10.9. The van der Waals surface area contributed by atoms with Crippen molar-refractivity contribution in [1.82, 2.24) is 9.47 Å². The second-order valence-corrected chi connectivity index (χ2v) is 8.37. The first-order valence-corrected chi connectivity index (χ1v) is 10.7. The highest BCUT2D eigenvalue weighted by molar-refractivity contribution is 5.86. The van der Waals surface area contributed by atoms with E-state index >= 15 is 0 Å². The van der Waals surface area contributed by atoms with Crippen molar-refractivity contribution in [3.05, 3.63) is 65.5 Å². The molecule has 2 aliphatic rings. The van der Waals surface area contributed by atoms with Crippen LogP contribution in [0.15, 0.2) is 54.7 Å². The third kappa shape index (κ3) is 3.21. The molecular formula is C24H28N3O-. The average molecular weight is 375 g/mol. The molecule has 2 heterocycles. The molecule has 0 spiro atoms. The number of aromatic nitrogens is 1. The minimum Gasteiger partial charge on any atom is -0.761 e. The molecule has 0 radical (unpaired) electrons. The van der Waals surface area contributed by atoms with E-state index in [1.165, 1.54) is 68.1 Å². The van der Waals surface area contributed by atoms with Gasteiger partial charge < -0.3 is 20.2 Å². The van der Waals surface area contributed by atoms with Crippen molar-refractivity contribution < 1.29 is 0 Å². The summed E-state index contributed by atoms with van der Waals surface area (Å²) in [6.45, 7) is 2.47. The molecule has 1 aliphatic carbocycles. The first kappa shape index (κ1) is 17.8. The molecule has 4 heteroatoms. The second kappa shape index (κ2) is 7.61. The van der Waals surface area contributed by atoms with E-state index in [1.807, 2.05) is 29.7 Å². The van der Waals surface area contributed by atoms with Gasteiger partial charge in [0.15, 0.2) is 0 Å². The van der Waals surface area contributed by atoms with Gasteiger partial charge in [-0.05, 0) is 80.6 Å². The molecule has 5 rings (SSSR count). The molecule has 0 bridgehead atoms. The van der Waals surface area contributed by atoms with Crippen LogP contribution >= 0.6 is 0 Å². The lowest BCUT2D eigenvalue weighted by Gasteiger charge is -2.36. The van der Waals surface area contributed by atoms with E-state index in [1.54, 1.807) is 0 Å². The van der Waals surface area contributed by atoms with Crippen molar-refractivity contribution in [3.8, 4) is 5.69 Å². The first-order valence-electron chi connectivity index (χ1n) is 10.7. The van der Waals surface area contributed by atoms with Crippen molar-refractivity contribution >= 4 is 16.6 Å². The van der Waals surface area contributed by atoms with E-state index in [0.717, 1.165) is 11.7 Å². The Labute approximate surface area is 166 Å². The third-order valence-electron chi connectivity index (χ3n) is 6.82. The molecule has 2 fully saturated rings. The Bertz CT molecular complexity index is 932. The number of benzene rings is 2. The molecule has 1 aliphatic heterocycles. The first-order chi connectivity index (χ1) is 13.8. The van der Waals surface area contributed by atoms with E-state index in [-0.39, 0.29) is 0 Å². The maximum atomic E-state index is 10.9. The zero-order valence-electron chi connectivity index (χ0n) is 16.3. The highest BCUT2D eigenvalue weighted by Crippen LogP contribution is 2.37. The summed E-state index contributed by atoms with van der Waals surface area (Å²) in [4.78, 5) is 2.75. The van der Waals surface area contributed by atoms with Crippen LogP contribution in [0.1, 0.15) is 50.0 Å². The Morgan fingerprint density at radius 3 is 2.29 bits per heavy atom. The summed E-state index contributed by atoms with van der Waals surface area (Å²) in [5.41, 5.74) is 6.39. The zero-order chi connectivity index (χ0) is 18.9. The SMILES string of the molecule is [O-]Nc1ccc(-n2cc(C3CCN(C4CCCC4)CC3)c3ccccc32)cc1. The fourth-order valence-electron chi connectivity index (χ4n) is 5.28. The van der Waals surface area contributed by atoms with Gasteiger partial charge in [0, 0.05) is 29.0 Å². The third-order valence-corrected chi connectivity index (χ3v) is 6.82. The highest BCUT2D eigenvalue weighted by Gasteiger charge is 2.29. The van der Waals surface area contributed by atoms with E-state index in [2.05, 4.69) is 39.9 Å². The molecule has 1 N–H and O–H groups in total. The quantitative estimate of drug-likeness (QED) is 0.599. The van der Waals surface area contributed by atoms with Crippen LogP contribution in [-0.2, 0) is 0 Å². The molecule has 2 aromatic carbocycles. The Morgan fingerprint density at radius 2 is 1.57 bits per heavy atom. The molecule has 146 valence electrons. The average Bonchev–Trinajstić information content (AvgIpc) is 3.43. The Hall–Kier alpha value is -2.30. The van der Waals surface area contributed by atoms with Crippen LogP contribution in [0.5, 0.6) is 0 Å². The lowest BCUT2D eigenvalue weighted by atomic mass is 9.88. The summed E-state index contributed by atoms with van der Waals surface area (Å²) < 4.78 is 2.28. The van der Waals surface area contributed by atoms with Crippen molar-refractivity contribution in [3.63, 3.8) is 0 Å². The van der Waals surface area contributed by atoms with Crippen molar-refractivity contribution in [2.75, 3.05) is 18.6 Å². The summed E-state index contributed by atoms with van der Waals surface area (Å²) in [5.74, 6) is 0.631. The zero-order valence-corrected chi connectivity index (χ0v) is 16.3. The van der Waals surface area contributed by atoms with Gasteiger partial charge in [0.1, 0.15) is 0 Å². The molecule has 3 aromatic rings. The molecule has 4 nitrogen and oxygen atoms in total. The Morgan fingerprint density at radius 1 is 0.857 bits per heavy atom. The van der Waals surface area contributed by atoms with Crippen molar-refractivity contribution in [2.24, 2.45) is 0 Å². The minimum atomic E-state index is 0.597. The van der Waals surface area contributed by atoms with Gasteiger partial charge >= 0.3 is 0 Å². The fourth-order valence-corrected chi connectivity index (χ4v) is 5.28. The Balaban J connectivity index is 1.43. The van der Waals surface area contributed by atoms with E-state index in [0.29, 0.717) is 11.6 Å². The van der Waals surface area contributed by atoms with Crippen LogP contribution in [0, 0.1) is 5.21 Å². The van der Waals surface area contributed by atoms with Crippen LogP contribution in [0.2, 0.25) is 0 Å². The predicted molar refractivity (Wildman–Crippen MR) is 116 cm³/mol.